The molecule has 0 unspecified atom stereocenters. The number of H-pyrrole nitrogens is 1. The zero-order valence-electron chi connectivity index (χ0n) is 13.8. The highest BCUT2D eigenvalue weighted by molar-refractivity contribution is 5.80. The normalized spacial score (nSPS) is 19.6. The van der Waals surface area contributed by atoms with Crippen molar-refractivity contribution in [2.75, 3.05) is 5.32 Å². The van der Waals surface area contributed by atoms with E-state index in [-0.39, 0.29) is 23.6 Å². The van der Waals surface area contributed by atoms with Crippen molar-refractivity contribution in [2.24, 2.45) is 0 Å². The molecular weight excluding hydrogens is 333 g/mol. The summed E-state index contributed by atoms with van der Waals surface area (Å²) in [5.74, 6) is 0.424. The molecule has 3 aromatic heterocycles. The molecule has 1 aromatic carbocycles. The first kappa shape index (κ1) is 15.1. The molecule has 1 fully saturated rings. The highest BCUT2D eigenvalue weighted by atomic mass is 19.1. The molecule has 1 saturated carbocycles. The molecule has 1 aliphatic carbocycles. The molecule has 1 aliphatic rings. The highest BCUT2D eigenvalue weighted by Crippen LogP contribution is 2.34. The summed E-state index contributed by atoms with van der Waals surface area (Å²) in [4.78, 5) is 23.9. The summed E-state index contributed by atoms with van der Waals surface area (Å²) in [6, 6.07) is 12.4. The zero-order valence-corrected chi connectivity index (χ0v) is 13.8. The Balaban J connectivity index is 1.34. The standard InChI is InChI=1S/C19H16FN5O/c20-12-5-3-11-4-6-17(23-16(11)8-12)22-13-9-14(10-13)25-18-15(24-19(25)26)2-1-7-21-18/h1-8,13-14H,9-10H2,(H,22,23)(H,24,26)/t13-,14-. The van der Waals surface area contributed by atoms with E-state index in [1.165, 1.54) is 12.1 Å². The Bertz CT molecular complexity index is 1180. The number of pyridine rings is 2. The van der Waals surface area contributed by atoms with Crippen molar-refractivity contribution in [1.82, 2.24) is 19.5 Å². The molecule has 2 N–H and O–H groups in total. The van der Waals surface area contributed by atoms with E-state index in [1.54, 1.807) is 16.8 Å². The minimum Gasteiger partial charge on any atom is -0.367 e. The third kappa shape index (κ3) is 2.44. The first-order chi connectivity index (χ1) is 12.7. The van der Waals surface area contributed by atoms with Crippen LogP contribution < -0.4 is 11.0 Å². The van der Waals surface area contributed by atoms with Crippen LogP contribution in [-0.4, -0.2) is 25.6 Å². The second-order valence-electron chi connectivity index (χ2n) is 6.67. The molecule has 0 bridgehead atoms. The number of nitrogens with zero attached hydrogens (tertiary/aromatic N) is 3. The van der Waals surface area contributed by atoms with Crippen molar-refractivity contribution in [2.45, 2.75) is 24.9 Å². The number of aromatic amines is 1. The van der Waals surface area contributed by atoms with Crippen molar-refractivity contribution in [3.8, 4) is 0 Å². The predicted molar refractivity (Wildman–Crippen MR) is 97.7 cm³/mol. The summed E-state index contributed by atoms with van der Waals surface area (Å²) >= 11 is 0. The molecule has 0 radical (unpaired) electrons. The molecule has 7 heteroatoms. The lowest BCUT2D eigenvalue weighted by atomic mass is 9.86. The van der Waals surface area contributed by atoms with Crippen LogP contribution in [0.25, 0.3) is 22.1 Å². The highest BCUT2D eigenvalue weighted by Gasteiger charge is 2.33. The maximum atomic E-state index is 13.4. The van der Waals surface area contributed by atoms with Crippen molar-refractivity contribution < 1.29 is 4.39 Å². The first-order valence-electron chi connectivity index (χ1n) is 8.55. The Morgan fingerprint density at radius 1 is 1.19 bits per heavy atom. The lowest BCUT2D eigenvalue weighted by Gasteiger charge is -2.36. The Kier molecular flexibility index (Phi) is 3.28. The summed E-state index contributed by atoms with van der Waals surface area (Å²) in [6.07, 6.45) is 3.32. The topological polar surface area (TPSA) is 75.6 Å². The van der Waals surface area contributed by atoms with E-state index >= 15 is 0 Å². The minimum absolute atomic E-state index is 0.113. The fourth-order valence-electron chi connectivity index (χ4n) is 3.59. The van der Waals surface area contributed by atoms with Crippen molar-refractivity contribution >= 4 is 27.9 Å². The number of aromatic nitrogens is 4. The molecule has 0 saturated heterocycles. The van der Waals surface area contributed by atoms with Gasteiger partial charge in [-0.05, 0) is 49.2 Å². The van der Waals surface area contributed by atoms with E-state index in [1.807, 2.05) is 24.3 Å². The van der Waals surface area contributed by atoms with Crippen LogP contribution in [0, 0.1) is 5.82 Å². The van der Waals surface area contributed by atoms with Crippen molar-refractivity contribution in [1.29, 1.82) is 0 Å². The molecule has 130 valence electrons. The minimum atomic E-state index is -0.294. The molecule has 0 spiro atoms. The number of nitrogens with one attached hydrogen (secondary N) is 2. The number of benzene rings is 1. The quantitative estimate of drug-likeness (QED) is 0.595. The maximum Gasteiger partial charge on any atom is 0.327 e. The van der Waals surface area contributed by atoms with Gasteiger partial charge in [0.2, 0.25) is 0 Å². The lowest BCUT2D eigenvalue weighted by molar-refractivity contribution is 0.282. The third-order valence-corrected chi connectivity index (χ3v) is 4.96. The van der Waals surface area contributed by atoms with Gasteiger partial charge < -0.3 is 10.3 Å². The van der Waals surface area contributed by atoms with E-state index in [0.717, 1.165) is 29.6 Å². The van der Waals surface area contributed by atoms with Crippen LogP contribution in [0.2, 0.25) is 0 Å². The molecule has 26 heavy (non-hydrogen) atoms. The van der Waals surface area contributed by atoms with Crippen LogP contribution in [-0.2, 0) is 0 Å². The fraction of sp³-hybridized carbons (Fsp3) is 0.211. The summed E-state index contributed by atoms with van der Waals surface area (Å²) in [5.41, 5.74) is 1.96. The number of hydrogen-bond donors (Lipinski definition) is 2. The molecule has 3 heterocycles. The van der Waals surface area contributed by atoms with Gasteiger partial charge in [0.15, 0.2) is 5.65 Å². The Morgan fingerprint density at radius 2 is 2.04 bits per heavy atom. The van der Waals surface area contributed by atoms with E-state index in [2.05, 4.69) is 20.3 Å². The molecule has 4 aromatic rings. The summed E-state index contributed by atoms with van der Waals surface area (Å²) < 4.78 is 15.1. The van der Waals surface area contributed by atoms with Crippen LogP contribution in [0.4, 0.5) is 10.2 Å². The second kappa shape index (κ2) is 5.66. The maximum absolute atomic E-state index is 13.4. The van der Waals surface area contributed by atoms with Crippen LogP contribution in [0.5, 0.6) is 0 Å². The van der Waals surface area contributed by atoms with Gasteiger partial charge in [-0.15, -0.1) is 0 Å². The molecule has 5 rings (SSSR count). The summed E-state index contributed by atoms with van der Waals surface area (Å²) in [5, 5.41) is 4.27. The average molecular weight is 349 g/mol. The number of rotatable bonds is 3. The van der Waals surface area contributed by atoms with E-state index < -0.39 is 0 Å². The third-order valence-electron chi connectivity index (χ3n) is 4.96. The SMILES string of the molecule is O=c1[nH]c2cccnc2n1[C@H]1C[C@H](Nc2ccc3ccc(F)cc3n2)C1. The Morgan fingerprint density at radius 3 is 2.92 bits per heavy atom. The fourth-order valence-corrected chi connectivity index (χ4v) is 3.59. The van der Waals surface area contributed by atoms with Gasteiger partial charge in [0.1, 0.15) is 11.6 Å². The smallest absolute Gasteiger partial charge is 0.327 e. The van der Waals surface area contributed by atoms with E-state index in [9.17, 15) is 9.18 Å². The summed E-state index contributed by atoms with van der Waals surface area (Å²) in [7, 11) is 0. The molecule has 0 atom stereocenters. The van der Waals surface area contributed by atoms with Gasteiger partial charge in [-0.2, -0.15) is 0 Å². The van der Waals surface area contributed by atoms with E-state index in [0.29, 0.717) is 11.2 Å². The lowest BCUT2D eigenvalue weighted by Crippen LogP contribution is -2.40. The van der Waals surface area contributed by atoms with Gasteiger partial charge in [0, 0.05) is 29.7 Å². The number of anilines is 1. The van der Waals surface area contributed by atoms with Gasteiger partial charge in [-0.25, -0.2) is 19.2 Å². The second-order valence-corrected chi connectivity index (χ2v) is 6.67. The average Bonchev–Trinajstić information content (AvgIpc) is 2.93. The van der Waals surface area contributed by atoms with Crippen LogP contribution in [0.3, 0.4) is 0 Å². The van der Waals surface area contributed by atoms with Gasteiger partial charge >= 0.3 is 5.69 Å². The largest absolute Gasteiger partial charge is 0.367 e. The number of halogens is 1. The number of imidazole rings is 1. The molecular formula is C19H16FN5O. The molecule has 0 aliphatic heterocycles. The van der Waals surface area contributed by atoms with Crippen LogP contribution >= 0.6 is 0 Å². The van der Waals surface area contributed by atoms with Gasteiger partial charge in [-0.3, -0.25) is 4.57 Å². The van der Waals surface area contributed by atoms with Crippen LogP contribution in [0.15, 0.2) is 53.5 Å². The summed E-state index contributed by atoms with van der Waals surface area (Å²) in [6.45, 7) is 0. The Hall–Kier alpha value is -3.22. The zero-order chi connectivity index (χ0) is 17.7. The van der Waals surface area contributed by atoms with Gasteiger partial charge in [0.25, 0.3) is 0 Å². The van der Waals surface area contributed by atoms with Crippen molar-refractivity contribution in [3.05, 3.63) is 65.0 Å². The van der Waals surface area contributed by atoms with Gasteiger partial charge in [0.05, 0.1) is 11.0 Å². The monoisotopic (exact) mass is 349 g/mol. The molecule has 6 nitrogen and oxygen atoms in total. The molecule has 0 amide bonds. The van der Waals surface area contributed by atoms with Crippen molar-refractivity contribution in [3.63, 3.8) is 0 Å². The Labute approximate surface area is 147 Å². The first-order valence-corrected chi connectivity index (χ1v) is 8.55. The predicted octanol–water partition coefficient (Wildman–Crippen LogP) is 3.23. The number of fused-ring (bicyclic) bond motifs is 2. The number of hydrogen-bond acceptors (Lipinski definition) is 4. The van der Waals surface area contributed by atoms with E-state index in [4.69, 9.17) is 0 Å². The van der Waals surface area contributed by atoms with Crippen LogP contribution in [0.1, 0.15) is 18.9 Å². The van der Waals surface area contributed by atoms with Gasteiger partial charge in [-0.1, -0.05) is 0 Å².